The van der Waals surface area contributed by atoms with Crippen LogP contribution in [0.5, 0.6) is 0 Å². The van der Waals surface area contributed by atoms with Crippen LogP contribution in [0.15, 0.2) is 0 Å². The Bertz CT molecular complexity index is 302. The highest BCUT2D eigenvalue weighted by Gasteiger charge is 2.64. The molecule has 4 fully saturated rings. The fraction of sp³-hybridized carbons (Fsp3) is 1.00. The van der Waals surface area contributed by atoms with Crippen molar-refractivity contribution in [1.82, 2.24) is 5.32 Å². The highest BCUT2D eigenvalue weighted by atomic mass is 16.5. The van der Waals surface area contributed by atoms with Gasteiger partial charge in [-0.1, -0.05) is 0 Å². The number of fused-ring (bicyclic) bond motifs is 5. The minimum atomic E-state index is -0.317. The molecule has 0 amide bonds. The van der Waals surface area contributed by atoms with E-state index in [4.69, 9.17) is 4.74 Å². The molecule has 0 heterocycles. The summed E-state index contributed by atoms with van der Waals surface area (Å²) in [7, 11) is 0. The summed E-state index contributed by atoms with van der Waals surface area (Å²) in [5, 5.41) is 13.5. The van der Waals surface area contributed by atoms with Crippen molar-refractivity contribution in [2.75, 3.05) is 19.8 Å². The fourth-order valence-corrected chi connectivity index (χ4v) is 4.58. The van der Waals surface area contributed by atoms with Gasteiger partial charge in [-0.05, 0) is 61.7 Å². The summed E-state index contributed by atoms with van der Waals surface area (Å²) in [4.78, 5) is 0. The minimum Gasteiger partial charge on any atom is -0.389 e. The molecule has 0 aromatic rings. The second kappa shape index (κ2) is 4.46. The second-order valence-corrected chi connectivity index (χ2v) is 7.06. The molecule has 4 aliphatic rings. The number of ether oxygens (including phenoxy) is 1. The highest BCUT2D eigenvalue weighted by molar-refractivity contribution is 5.16. The van der Waals surface area contributed by atoms with E-state index < -0.39 is 0 Å². The van der Waals surface area contributed by atoms with E-state index in [9.17, 15) is 5.11 Å². The van der Waals surface area contributed by atoms with Gasteiger partial charge >= 0.3 is 0 Å². The zero-order valence-corrected chi connectivity index (χ0v) is 11.1. The molecule has 5 unspecified atom stereocenters. The van der Waals surface area contributed by atoms with Crippen molar-refractivity contribution in [3.05, 3.63) is 0 Å². The second-order valence-electron chi connectivity index (χ2n) is 7.06. The summed E-state index contributed by atoms with van der Waals surface area (Å²) in [6.45, 7) is 2.09. The molecular weight excluding hydrogens is 226 g/mol. The zero-order valence-electron chi connectivity index (χ0n) is 11.1. The van der Waals surface area contributed by atoms with Crippen LogP contribution in [0.3, 0.4) is 0 Å². The Balaban J connectivity index is 1.14. The minimum absolute atomic E-state index is 0.317. The van der Waals surface area contributed by atoms with Gasteiger partial charge in [0.1, 0.15) is 0 Å². The first-order valence-electron chi connectivity index (χ1n) is 7.82. The van der Waals surface area contributed by atoms with Crippen LogP contribution >= 0.6 is 0 Å². The van der Waals surface area contributed by atoms with E-state index >= 15 is 0 Å². The Hall–Kier alpha value is -0.120. The van der Waals surface area contributed by atoms with Crippen molar-refractivity contribution in [2.24, 2.45) is 29.6 Å². The van der Waals surface area contributed by atoms with E-state index in [1.807, 2.05) is 0 Å². The standard InChI is InChI=1S/C15H25NO2/c17-12(8-18-7-9-1-2-9)6-16-15-13-10-3-4-11(5-10)14(13)15/h9-17H,1-8H2. The van der Waals surface area contributed by atoms with Crippen molar-refractivity contribution in [3.8, 4) is 0 Å². The van der Waals surface area contributed by atoms with Crippen LogP contribution in [0.25, 0.3) is 0 Å². The van der Waals surface area contributed by atoms with Crippen LogP contribution < -0.4 is 5.32 Å². The molecule has 0 saturated heterocycles. The number of aliphatic hydroxyl groups excluding tert-OH is 1. The summed E-state index contributed by atoms with van der Waals surface area (Å²) in [5.74, 6) is 4.75. The summed E-state index contributed by atoms with van der Waals surface area (Å²) >= 11 is 0. The van der Waals surface area contributed by atoms with Crippen molar-refractivity contribution in [3.63, 3.8) is 0 Å². The van der Waals surface area contributed by atoms with Gasteiger partial charge in [0, 0.05) is 19.2 Å². The zero-order chi connectivity index (χ0) is 12.1. The first-order chi connectivity index (χ1) is 8.83. The number of hydrogen-bond donors (Lipinski definition) is 2. The van der Waals surface area contributed by atoms with Gasteiger partial charge < -0.3 is 15.2 Å². The molecule has 0 spiro atoms. The van der Waals surface area contributed by atoms with Crippen LogP contribution in [-0.2, 0) is 4.74 Å². The van der Waals surface area contributed by atoms with E-state index in [-0.39, 0.29) is 6.10 Å². The molecule has 4 rings (SSSR count). The Morgan fingerprint density at radius 2 is 1.83 bits per heavy atom. The van der Waals surface area contributed by atoms with E-state index in [2.05, 4.69) is 5.32 Å². The molecule has 0 aromatic carbocycles. The van der Waals surface area contributed by atoms with Gasteiger partial charge in [-0.25, -0.2) is 0 Å². The Morgan fingerprint density at radius 3 is 2.50 bits per heavy atom. The Morgan fingerprint density at radius 1 is 1.11 bits per heavy atom. The SMILES string of the molecule is OC(CNC1C2C3CCC(C3)C12)COCC1CC1. The normalized spacial score (nSPS) is 46.2. The van der Waals surface area contributed by atoms with Gasteiger partial charge in [0.25, 0.3) is 0 Å². The Labute approximate surface area is 109 Å². The number of hydrogen-bond acceptors (Lipinski definition) is 3. The van der Waals surface area contributed by atoms with Crippen molar-refractivity contribution in [1.29, 1.82) is 0 Å². The summed E-state index contributed by atoms with van der Waals surface area (Å²) in [6.07, 6.45) is 6.77. The molecule has 4 aliphatic carbocycles. The molecule has 18 heavy (non-hydrogen) atoms. The molecule has 3 nitrogen and oxygen atoms in total. The summed E-state index contributed by atoms with van der Waals surface area (Å²) in [6, 6.07) is 0.731. The van der Waals surface area contributed by atoms with Gasteiger partial charge in [0.2, 0.25) is 0 Å². The van der Waals surface area contributed by atoms with Crippen LogP contribution in [0.2, 0.25) is 0 Å². The van der Waals surface area contributed by atoms with E-state index in [1.54, 1.807) is 0 Å². The van der Waals surface area contributed by atoms with Gasteiger partial charge in [-0.2, -0.15) is 0 Å². The maximum absolute atomic E-state index is 9.88. The fourth-order valence-electron chi connectivity index (χ4n) is 4.58. The van der Waals surface area contributed by atoms with E-state index in [1.165, 1.54) is 32.1 Å². The van der Waals surface area contributed by atoms with Gasteiger partial charge in [-0.15, -0.1) is 0 Å². The van der Waals surface area contributed by atoms with Crippen molar-refractivity contribution >= 4 is 0 Å². The molecular formula is C15H25NO2. The average molecular weight is 251 g/mol. The largest absolute Gasteiger partial charge is 0.389 e. The van der Waals surface area contributed by atoms with Crippen LogP contribution in [0.1, 0.15) is 32.1 Å². The van der Waals surface area contributed by atoms with Gasteiger partial charge in [-0.3, -0.25) is 0 Å². The number of nitrogens with one attached hydrogen (secondary N) is 1. The molecule has 0 aromatic heterocycles. The molecule has 2 N–H and O–H groups in total. The first kappa shape index (κ1) is 11.7. The highest BCUT2D eigenvalue weighted by Crippen LogP contribution is 2.65. The maximum atomic E-state index is 9.88. The average Bonchev–Trinajstić information content (AvgIpc) is 3.25. The molecule has 3 heteroatoms. The molecule has 102 valence electrons. The van der Waals surface area contributed by atoms with E-state index in [0.717, 1.165) is 48.8 Å². The van der Waals surface area contributed by atoms with Crippen LogP contribution in [0.4, 0.5) is 0 Å². The topological polar surface area (TPSA) is 41.5 Å². The summed E-state index contributed by atoms with van der Waals surface area (Å²) in [5.41, 5.74) is 0. The smallest absolute Gasteiger partial charge is 0.0897 e. The van der Waals surface area contributed by atoms with Crippen LogP contribution in [0, 0.1) is 29.6 Å². The van der Waals surface area contributed by atoms with Gasteiger partial charge in [0.15, 0.2) is 0 Å². The monoisotopic (exact) mass is 251 g/mol. The van der Waals surface area contributed by atoms with Gasteiger partial charge in [0.05, 0.1) is 12.7 Å². The molecule has 0 radical (unpaired) electrons. The first-order valence-corrected chi connectivity index (χ1v) is 7.82. The number of rotatable bonds is 7. The lowest BCUT2D eigenvalue weighted by atomic mass is 10.0. The molecule has 2 bridgehead atoms. The van der Waals surface area contributed by atoms with Crippen molar-refractivity contribution in [2.45, 2.75) is 44.2 Å². The van der Waals surface area contributed by atoms with E-state index in [0.29, 0.717) is 6.61 Å². The quantitative estimate of drug-likeness (QED) is 0.719. The third-order valence-corrected chi connectivity index (χ3v) is 5.69. The third-order valence-electron chi connectivity index (χ3n) is 5.69. The summed E-state index contributed by atoms with van der Waals surface area (Å²) < 4.78 is 5.53. The molecule has 5 atom stereocenters. The molecule has 0 aliphatic heterocycles. The predicted molar refractivity (Wildman–Crippen MR) is 69.2 cm³/mol. The lowest BCUT2D eigenvalue weighted by Crippen LogP contribution is -2.34. The predicted octanol–water partition coefficient (Wildman–Crippen LogP) is 1.41. The lowest BCUT2D eigenvalue weighted by molar-refractivity contribution is 0.0319. The van der Waals surface area contributed by atoms with Crippen molar-refractivity contribution < 1.29 is 9.84 Å². The maximum Gasteiger partial charge on any atom is 0.0897 e. The molecule has 4 saturated carbocycles. The van der Waals surface area contributed by atoms with Crippen LogP contribution in [-0.4, -0.2) is 37.0 Å². The third kappa shape index (κ3) is 2.10. The Kier molecular flexibility index (Phi) is 2.90. The number of aliphatic hydroxyl groups is 1. The lowest BCUT2D eigenvalue weighted by Gasteiger charge is -2.14.